The van der Waals surface area contributed by atoms with Gasteiger partial charge < -0.3 is 9.84 Å². The fourth-order valence-electron chi connectivity index (χ4n) is 6.01. The minimum atomic E-state index is -0.790. The second kappa shape index (κ2) is 34.4. The third kappa shape index (κ3) is 33.4. The Morgan fingerprint density at radius 1 is 0.429 bits per heavy atom. The molecule has 0 aliphatic heterocycles. The molecule has 0 fully saturated rings. The molecule has 0 aliphatic rings. The van der Waals surface area contributed by atoms with Gasteiger partial charge in [-0.2, -0.15) is 0 Å². The van der Waals surface area contributed by atoms with Crippen molar-refractivity contribution < 1.29 is 19.4 Å². The molecular weight excluding hydrogens is 520 g/mol. The van der Waals surface area contributed by atoms with E-state index in [1.54, 1.807) is 0 Å². The second-order valence-electron chi connectivity index (χ2n) is 13.1. The number of ether oxygens (including phenoxy) is 1. The average Bonchev–Trinajstić information content (AvgIpc) is 2.97. The first kappa shape index (κ1) is 40.9. The van der Waals surface area contributed by atoms with E-state index in [-0.39, 0.29) is 18.5 Å². The molecule has 0 aliphatic carbocycles. The molecule has 0 rings (SSSR count). The molecule has 0 spiro atoms. The Hall–Kier alpha value is -1.06. The molecule has 0 aromatic heterocycles. The highest BCUT2D eigenvalue weighted by Gasteiger charge is 2.14. The van der Waals surface area contributed by atoms with Gasteiger partial charge in [0.05, 0.1) is 0 Å². The maximum atomic E-state index is 12.4. The Balaban J connectivity index is 3.95. The van der Waals surface area contributed by atoms with Crippen LogP contribution in [-0.2, 0) is 14.3 Å². The van der Waals surface area contributed by atoms with Crippen LogP contribution in [0.25, 0.3) is 0 Å². The second-order valence-corrected chi connectivity index (χ2v) is 13.1. The topological polar surface area (TPSA) is 63.6 Å². The van der Waals surface area contributed by atoms with E-state index in [1.165, 1.54) is 161 Å². The van der Waals surface area contributed by atoms with Crippen LogP contribution in [0.3, 0.4) is 0 Å². The first-order valence-corrected chi connectivity index (χ1v) is 19.0. The van der Waals surface area contributed by atoms with Crippen LogP contribution in [0.4, 0.5) is 0 Å². The van der Waals surface area contributed by atoms with E-state index >= 15 is 0 Å². The van der Waals surface area contributed by atoms with Crippen LogP contribution in [0.2, 0.25) is 0 Å². The summed E-state index contributed by atoms with van der Waals surface area (Å²) in [6.45, 7) is 4.56. The molecule has 1 atom stereocenters. The minimum absolute atomic E-state index is 0.0436. The molecule has 0 aromatic rings. The Bertz CT molecular complexity index is 561. The molecule has 0 radical (unpaired) electrons. The van der Waals surface area contributed by atoms with Crippen molar-refractivity contribution in [2.24, 2.45) is 0 Å². The van der Waals surface area contributed by atoms with Crippen LogP contribution in [0.1, 0.15) is 226 Å². The van der Waals surface area contributed by atoms with E-state index in [0.717, 1.165) is 25.7 Å². The highest BCUT2D eigenvalue weighted by molar-refractivity contribution is 5.70. The number of esters is 1. The summed E-state index contributed by atoms with van der Waals surface area (Å²) in [5, 5.41) is 8.81. The predicted molar refractivity (Wildman–Crippen MR) is 181 cm³/mol. The van der Waals surface area contributed by atoms with Gasteiger partial charge >= 0.3 is 11.9 Å². The van der Waals surface area contributed by atoms with Crippen molar-refractivity contribution in [3.05, 3.63) is 0 Å². The van der Waals surface area contributed by atoms with Crippen molar-refractivity contribution >= 4 is 11.9 Å². The number of hydrogen-bond acceptors (Lipinski definition) is 3. The Labute approximate surface area is 262 Å². The van der Waals surface area contributed by atoms with E-state index in [9.17, 15) is 9.59 Å². The standard InChI is InChI=1S/C38H74O4/c1-3-5-7-9-11-13-15-17-18-19-21-23-25-27-29-33-36(42-38(41)35-31-30-34-37(39)40)32-28-26-24-22-20-16-14-12-10-8-6-4-2/h36H,3-35H2,1-2H3,(H,39,40). The normalized spacial score (nSPS) is 12.0. The molecule has 0 aromatic carbocycles. The van der Waals surface area contributed by atoms with Gasteiger partial charge in [-0.05, 0) is 38.5 Å². The smallest absolute Gasteiger partial charge is 0.306 e. The highest BCUT2D eigenvalue weighted by Crippen LogP contribution is 2.19. The first-order valence-electron chi connectivity index (χ1n) is 19.0. The summed E-state index contributed by atoms with van der Waals surface area (Å²) in [6.07, 6.45) is 40.2. The SMILES string of the molecule is CCCCCCCCCCCCCCCCCC(CCCCCCCCCCCCCC)OC(=O)CCCCC(=O)O. The molecule has 0 saturated carbocycles. The molecule has 0 amide bonds. The maximum absolute atomic E-state index is 12.4. The monoisotopic (exact) mass is 595 g/mol. The van der Waals surface area contributed by atoms with Crippen LogP contribution in [0.5, 0.6) is 0 Å². The predicted octanol–water partition coefficient (Wildman–Crippen LogP) is 12.9. The van der Waals surface area contributed by atoms with E-state index in [1.807, 2.05) is 0 Å². The number of aliphatic carboxylic acids is 1. The van der Waals surface area contributed by atoms with Crippen LogP contribution in [0, 0.1) is 0 Å². The van der Waals surface area contributed by atoms with Crippen molar-refractivity contribution in [3.8, 4) is 0 Å². The van der Waals surface area contributed by atoms with Crippen LogP contribution >= 0.6 is 0 Å². The molecule has 4 heteroatoms. The summed E-state index contributed by atoms with van der Waals surface area (Å²) in [6, 6.07) is 0. The van der Waals surface area contributed by atoms with E-state index in [2.05, 4.69) is 13.8 Å². The van der Waals surface area contributed by atoms with Gasteiger partial charge in [-0.25, -0.2) is 0 Å². The van der Waals surface area contributed by atoms with E-state index < -0.39 is 5.97 Å². The highest BCUT2D eigenvalue weighted by atomic mass is 16.5. The molecule has 0 heterocycles. The van der Waals surface area contributed by atoms with Crippen molar-refractivity contribution in [2.75, 3.05) is 0 Å². The van der Waals surface area contributed by atoms with Gasteiger partial charge in [-0.15, -0.1) is 0 Å². The lowest BCUT2D eigenvalue weighted by Crippen LogP contribution is -2.18. The molecule has 0 bridgehead atoms. The number of carboxylic acid groups (broad SMARTS) is 1. The molecule has 0 saturated heterocycles. The lowest BCUT2D eigenvalue weighted by atomic mass is 10.0. The Kier molecular flexibility index (Phi) is 33.6. The molecule has 4 nitrogen and oxygen atoms in total. The summed E-state index contributed by atoms with van der Waals surface area (Å²) in [5.74, 6) is -0.924. The third-order valence-corrected chi connectivity index (χ3v) is 8.83. The van der Waals surface area contributed by atoms with Gasteiger partial charge in [-0.3, -0.25) is 9.59 Å². The van der Waals surface area contributed by atoms with Gasteiger partial charge in [0.2, 0.25) is 0 Å². The fraction of sp³-hybridized carbons (Fsp3) is 0.947. The van der Waals surface area contributed by atoms with Crippen molar-refractivity contribution in [3.63, 3.8) is 0 Å². The lowest BCUT2D eigenvalue weighted by Gasteiger charge is -2.18. The van der Waals surface area contributed by atoms with E-state index in [0.29, 0.717) is 19.3 Å². The number of carboxylic acids is 1. The summed E-state index contributed by atoms with van der Waals surface area (Å²) < 4.78 is 5.89. The Morgan fingerprint density at radius 3 is 1.02 bits per heavy atom. The van der Waals surface area contributed by atoms with Crippen molar-refractivity contribution in [1.82, 2.24) is 0 Å². The number of rotatable bonds is 35. The van der Waals surface area contributed by atoms with Crippen LogP contribution < -0.4 is 0 Å². The molecule has 42 heavy (non-hydrogen) atoms. The molecule has 1 N–H and O–H groups in total. The summed E-state index contributed by atoms with van der Waals surface area (Å²) >= 11 is 0. The number of hydrogen-bond donors (Lipinski definition) is 1. The Morgan fingerprint density at radius 2 is 0.714 bits per heavy atom. The van der Waals surface area contributed by atoms with Crippen molar-refractivity contribution in [1.29, 1.82) is 0 Å². The maximum Gasteiger partial charge on any atom is 0.306 e. The zero-order chi connectivity index (χ0) is 30.8. The average molecular weight is 595 g/mol. The first-order chi connectivity index (χ1) is 20.6. The molecule has 250 valence electrons. The van der Waals surface area contributed by atoms with Gasteiger partial charge in [0.1, 0.15) is 6.10 Å². The fourth-order valence-corrected chi connectivity index (χ4v) is 6.01. The van der Waals surface area contributed by atoms with Gasteiger partial charge in [0.25, 0.3) is 0 Å². The van der Waals surface area contributed by atoms with Gasteiger partial charge in [-0.1, -0.05) is 174 Å². The number of carbonyl (C=O) groups excluding carboxylic acids is 1. The quantitative estimate of drug-likeness (QED) is 0.0585. The summed E-state index contributed by atoms with van der Waals surface area (Å²) in [7, 11) is 0. The lowest BCUT2D eigenvalue weighted by molar-refractivity contribution is -0.150. The van der Waals surface area contributed by atoms with Gasteiger partial charge in [0, 0.05) is 12.8 Å². The van der Waals surface area contributed by atoms with E-state index in [4.69, 9.17) is 9.84 Å². The third-order valence-electron chi connectivity index (χ3n) is 8.83. The minimum Gasteiger partial charge on any atom is -0.481 e. The summed E-state index contributed by atoms with van der Waals surface area (Å²) in [4.78, 5) is 23.1. The largest absolute Gasteiger partial charge is 0.481 e. The zero-order valence-corrected chi connectivity index (χ0v) is 28.6. The number of unbranched alkanes of at least 4 members (excludes halogenated alkanes) is 26. The van der Waals surface area contributed by atoms with Crippen molar-refractivity contribution in [2.45, 2.75) is 232 Å². The summed E-state index contributed by atoms with van der Waals surface area (Å²) in [5.41, 5.74) is 0. The number of carbonyl (C=O) groups is 2. The molecular formula is C38H74O4. The zero-order valence-electron chi connectivity index (χ0n) is 28.6. The van der Waals surface area contributed by atoms with Crippen LogP contribution in [0.15, 0.2) is 0 Å². The molecule has 1 unspecified atom stereocenters. The van der Waals surface area contributed by atoms with Crippen LogP contribution in [-0.4, -0.2) is 23.1 Å². The van der Waals surface area contributed by atoms with Gasteiger partial charge in [0.15, 0.2) is 0 Å².